The minimum absolute atomic E-state index is 0.651. The van der Waals surface area contributed by atoms with E-state index >= 15 is 0 Å². The molecule has 0 aliphatic heterocycles. The Hall–Kier alpha value is -17.0. The van der Waals surface area contributed by atoms with Gasteiger partial charge in [0.25, 0.3) is 0 Å². The van der Waals surface area contributed by atoms with E-state index in [2.05, 4.69) is 266 Å². The van der Waals surface area contributed by atoms with Crippen LogP contribution in [0, 0.1) is 0 Å². The van der Waals surface area contributed by atoms with Crippen LogP contribution in [0.5, 0.6) is 0 Å². The lowest BCUT2D eigenvalue weighted by Gasteiger charge is -2.11. The van der Waals surface area contributed by atoms with Crippen molar-refractivity contribution in [3.05, 3.63) is 443 Å². The molecule has 15 heteroatoms. The number of hydrogen-bond acceptors (Lipinski definition) is 12. The van der Waals surface area contributed by atoms with E-state index in [0.29, 0.717) is 52.4 Å². The summed E-state index contributed by atoms with van der Waals surface area (Å²) in [6.45, 7) is 0. The molecule has 9 heterocycles. The van der Waals surface area contributed by atoms with Crippen LogP contribution in [-0.2, 0) is 7.05 Å². The van der Waals surface area contributed by atoms with E-state index in [1.807, 2.05) is 246 Å². The summed E-state index contributed by atoms with van der Waals surface area (Å²) in [5, 5.41) is 15.8. The lowest BCUT2D eigenvalue weighted by Crippen LogP contribution is -2.00. The molecule has 0 amide bonds. The average molecular weight is 1760 g/mol. The van der Waals surface area contributed by atoms with Crippen LogP contribution >= 0.6 is 34.0 Å². The molecule has 12 nitrogen and oxygen atoms in total. The third-order valence-corrected chi connectivity index (χ3v) is 28.1. The summed E-state index contributed by atoms with van der Waals surface area (Å²) in [6, 6.07) is 154. The second-order valence-corrected chi connectivity index (χ2v) is 35.9. The number of aryl methyl sites for hydroxylation is 1. The molecule has 133 heavy (non-hydrogen) atoms. The van der Waals surface area contributed by atoms with E-state index in [-0.39, 0.29) is 0 Å². The quantitative estimate of drug-likeness (QED) is 0.124. The Kier molecular flexibility index (Phi) is 20.5. The largest absolute Gasteiger partial charge is 0.344 e. The molecule has 0 N–H and O–H groups in total. The highest BCUT2D eigenvalue weighted by Gasteiger charge is 2.24. The van der Waals surface area contributed by atoms with Crippen LogP contribution in [-0.4, -0.2) is 58.6 Å². The van der Waals surface area contributed by atoms with Crippen molar-refractivity contribution in [2.45, 2.75) is 0 Å². The van der Waals surface area contributed by atoms with Crippen molar-refractivity contribution in [3.63, 3.8) is 0 Å². The Bertz CT molecular complexity index is 8800. The summed E-state index contributed by atoms with van der Waals surface area (Å²) < 4.78 is 15.1. The summed E-state index contributed by atoms with van der Waals surface area (Å²) >= 11 is 5.60. The van der Waals surface area contributed by atoms with Gasteiger partial charge < -0.3 is 13.7 Å². The van der Waals surface area contributed by atoms with Gasteiger partial charge in [-0.25, -0.2) is 44.9 Å². The zero-order valence-electron chi connectivity index (χ0n) is 71.7. The second kappa shape index (κ2) is 34.2. The van der Waals surface area contributed by atoms with Gasteiger partial charge in [0.15, 0.2) is 52.4 Å². The van der Waals surface area contributed by atoms with Crippen molar-refractivity contribution in [2.75, 3.05) is 0 Å². The molecule has 0 atom stereocenters. The smallest absolute Gasteiger partial charge is 0.164 e. The Morgan fingerprint density at radius 3 is 0.872 bits per heavy atom. The molecule has 27 rings (SSSR count). The number of rotatable bonds is 11. The van der Waals surface area contributed by atoms with Crippen molar-refractivity contribution in [2.24, 2.45) is 7.05 Å². The fourth-order valence-electron chi connectivity index (χ4n) is 18.4. The fraction of sp³-hybridized carbons (Fsp3) is 0.00847. The summed E-state index contributed by atoms with van der Waals surface area (Å²) in [5.74, 6) is 5.99. The monoisotopic (exact) mass is 1760 g/mol. The predicted molar refractivity (Wildman–Crippen MR) is 556 cm³/mol. The average Bonchev–Trinajstić information content (AvgIpc) is 1.56. The molecule has 9 aromatic heterocycles. The standard InChI is InChI=1S/2C39H24N4S.C21H15N3.C19H13NS/c1-3-11-25(12-4-1)37-40-38(26-13-5-2-6-14-26)42-39(41-37)27-19-21-28(22-20-27)43-32-17-9-7-15-29(32)30-23-24-34-35(36(30)43)31-16-8-10-18-33(31)44-34;1-3-11-25(12-4-1)37-40-38(26-13-5-2-6-14-26)42-39(41-37)27-19-21-28(22-20-27)43-31-17-9-7-15-29(31)35-32(43)23-24-34-36(35)30-16-8-10-18-33(30)44-34;1-4-10-16(11-5-1)19-22-20(17-12-6-2-7-13-17)24-21(23-19)18-14-8-3-9-15-18;1-20-16-8-4-2-6-12(16)14-10-15-13-7-3-5-9-18(13)21-19(15)11-17(14)20/h2*1-24H;1-15H;2-11H,1H3. The van der Waals surface area contributed by atoms with Crippen LogP contribution in [0.25, 0.3) is 240 Å². The number of fused-ring (bicyclic) bond motifs is 20. The van der Waals surface area contributed by atoms with E-state index in [9.17, 15) is 0 Å². The molecule has 0 spiro atoms. The van der Waals surface area contributed by atoms with E-state index in [0.717, 1.165) is 61.4 Å². The molecule has 0 saturated carbocycles. The molecule has 27 aromatic rings. The van der Waals surface area contributed by atoms with Gasteiger partial charge in [0, 0.05) is 167 Å². The lowest BCUT2D eigenvalue weighted by atomic mass is 10.1. The Balaban J connectivity index is 0.000000102. The van der Waals surface area contributed by atoms with Gasteiger partial charge in [-0.2, -0.15) is 0 Å². The SMILES string of the molecule is Cn1c2ccccc2c2cc3c(cc21)sc1ccccc13.c1ccc(-c2nc(-c3ccccc3)nc(-c3ccc(-n4c5ccccc5c5c6c(ccc54)sc4ccccc46)cc3)n2)cc1.c1ccc(-c2nc(-c3ccccc3)nc(-c3ccc(-n4c5ccccc5c5ccc6sc7ccccc7c6c54)cc3)n2)cc1.c1ccc(-c2nc(-c3ccccc3)nc(-c3ccccc3)n2)cc1. The minimum atomic E-state index is 0.651. The molecule has 0 bridgehead atoms. The molecule has 0 aliphatic carbocycles. The maximum Gasteiger partial charge on any atom is 0.164 e. The number of nitrogens with zero attached hydrogens (tertiary/aromatic N) is 12. The second-order valence-electron chi connectivity index (χ2n) is 32.7. The zero-order chi connectivity index (χ0) is 88.2. The first kappa shape index (κ1) is 79.4. The van der Waals surface area contributed by atoms with Crippen LogP contribution in [0.1, 0.15) is 0 Å². The summed E-state index contributed by atoms with van der Waals surface area (Å²) in [4.78, 5) is 43.4. The Morgan fingerprint density at radius 1 is 0.165 bits per heavy atom. The van der Waals surface area contributed by atoms with Gasteiger partial charge in [-0.05, 0) is 115 Å². The van der Waals surface area contributed by atoms with Crippen LogP contribution in [0.15, 0.2) is 443 Å². The van der Waals surface area contributed by atoms with E-state index in [1.54, 1.807) is 0 Å². The fourth-order valence-corrected chi connectivity index (χ4v) is 21.7. The van der Waals surface area contributed by atoms with Gasteiger partial charge in [-0.1, -0.05) is 328 Å². The highest BCUT2D eigenvalue weighted by Crippen LogP contribution is 2.47. The van der Waals surface area contributed by atoms with Gasteiger partial charge in [0.05, 0.1) is 27.6 Å². The topological polar surface area (TPSA) is 131 Å². The third-order valence-electron chi connectivity index (χ3n) is 24.7. The summed E-state index contributed by atoms with van der Waals surface area (Å²) in [5.41, 5.74) is 18.3. The minimum Gasteiger partial charge on any atom is -0.344 e. The van der Waals surface area contributed by atoms with Crippen molar-refractivity contribution < 1.29 is 0 Å². The van der Waals surface area contributed by atoms with E-state index in [4.69, 9.17) is 29.9 Å². The van der Waals surface area contributed by atoms with Gasteiger partial charge in [0.1, 0.15) is 0 Å². The number of para-hydroxylation sites is 3. The maximum absolute atomic E-state index is 4.93. The number of thiophene rings is 3. The molecule has 0 saturated heterocycles. The summed E-state index contributed by atoms with van der Waals surface area (Å²) in [6.07, 6.45) is 0. The maximum atomic E-state index is 4.93. The molecule has 0 aliphatic rings. The molecular weight excluding hydrogens is 1680 g/mol. The molecule has 18 aromatic carbocycles. The lowest BCUT2D eigenvalue weighted by molar-refractivity contribution is 1.02. The van der Waals surface area contributed by atoms with Crippen molar-refractivity contribution in [3.8, 4) is 114 Å². The Morgan fingerprint density at radius 2 is 0.459 bits per heavy atom. The third kappa shape index (κ3) is 14.8. The van der Waals surface area contributed by atoms with E-state index in [1.165, 1.54) is 126 Å². The van der Waals surface area contributed by atoms with Crippen LogP contribution in [0.4, 0.5) is 0 Å². The Labute approximate surface area is 776 Å². The highest BCUT2D eigenvalue weighted by atomic mass is 32.1. The van der Waals surface area contributed by atoms with Gasteiger partial charge in [-0.3, -0.25) is 0 Å². The summed E-state index contributed by atoms with van der Waals surface area (Å²) in [7, 11) is 2.16. The number of hydrogen-bond donors (Lipinski definition) is 0. The molecule has 0 fully saturated rings. The van der Waals surface area contributed by atoms with Crippen molar-refractivity contribution >= 4 is 160 Å². The molecule has 0 radical (unpaired) electrons. The predicted octanol–water partition coefficient (Wildman–Crippen LogP) is 31.2. The molecule has 626 valence electrons. The molecular formula is C118H76N12S3. The number of benzene rings is 18. The van der Waals surface area contributed by atoms with Crippen molar-refractivity contribution in [1.29, 1.82) is 0 Å². The zero-order valence-corrected chi connectivity index (χ0v) is 74.2. The van der Waals surface area contributed by atoms with Gasteiger partial charge >= 0.3 is 0 Å². The first-order valence-electron chi connectivity index (χ1n) is 44.2. The first-order valence-corrected chi connectivity index (χ1v) is 46.6. The normalized spacial score (nSPS) is 11.5. The number of aromatic nitrogens is 12. The first-order chi connectivity index (χ1) is 65.9. The van der Waals surface area contributed by atoms with Crippen LogP contribution in [0.3, 0.4) is 0 Å². The van der Waals surface area contributed by atoms with E-state index < -0.39 is 0 Å². The van der Waals surface area contributed by atoms with Gasteiger partial charge in [0.2, 0.25) is 0 Å². The molecule has 0 unspecified atom stereocenters. The van der Waals surface area contributed by atoms with Gasteiger partial charge in [-0.15, -0.1) is 34.0 Å². The van der Waals surface area contributed by atoms with Crippen molar-refractivity contribution in [1.82, 2.24) is 58.6 Å². The highest BCUT2D eigenvalue weighted by molar-refractivity contribution is 7.26. The van der Waals surface area contributed by atoms with Crippen LogP contribution < -0.4 is 0 Å². The van der Waals surface area contributed by atoms with Crippen LogP contribution in [0.2, 0.25) is 0 Å².